The third-order valence-electron chi connectivity index (χ3n) is 4.79. The Morgan fingerprint density at radius 1 is 1.21 bits per heavy atom. The van der Waals surface area contributed by atoms with Crippen LogP contribution in [0.1, 0.15) is 38.2 Å². The quantitative estimate of drug-likeness (QED) is 0.879. The zero-order chi connectivity index (χ0) is 13.1. The monoisotopic (exact) mass is 259 g/mol. The highest BCUT2D eigenvalue weighted by Crippen LogP contribution is 2.35. The van der Waals surface area contributed by atoms with Crippen LogP contribution in [0.2, 0.25) is 0 Å². The number of rotatable bonds is 5. The summed E-state index contributed by atoms with van der Waals surface area (Å²) in [5, 5.41) is 3.64. The van der Waals surface area contributed by atoms with Crippen LogP contribution in [-0.4, -0.2) is 41.1 Å². The second kappa shape index (κ2) is 6.02. The van der Waals surface area contributed by atoms with Crippen LogP contribution in [0.25, 0.3) is 0 Å². The number of fused-ring (bicyclic) bond motifs is 2. The van der Waals surface area contributed by atoms with Crippen molar-refractivity contribution in [2.75, 3.05) is 13.1 Å². The number of aromatic nitrogens is 1. The zero-order valence-corrected chi connectivity index (χ0v) is 11.9. The summed E-state index contributed by atoms with van der Waals surface area (Å²) in [6.45, 7) is 4.55. The van der Waals surface area contributed by atoms with E-state index in [4.69, 9.17) is 0 Å². The second-order valence-corrected chi connectivity index (χ2v) is 5.95. The lowest BCUT2D eigenvalue weighted by molar-refractivity contribution is 0.119. The van der Waals surface area contributed by atoms with Gasteiger partial charge in [-0.15, -0.1) is 0 Å². The van der Waals surface area contributed by atoms with E-state index in [0.717, 1.165) is 24.7 Å². The fourth-order valence-corrected chi connectivity index (χ4v) is 3.90. The first-order valence-corrected chi connectivity index (χ1v) is 7.75. The van der Waals surface area contributed by atoms with E-state index in [9.17, 15) is 0 Å². The van der Waals surface area contributed by atoms with Gasteiger partial charge in [-0.3, -0.25) is 9.88 Å². The molecule has 2 fully saturated rings. The normalized spacial score (nSPS) is 30.7. The van der Waals surface area contributed by atoms with Crippen LogP contribution in [0.3, 0.4) is 0 Å². The molecule has 0 spiro atoms. The van der Waals surface area contributed by atoms with Crippen molar-refractivity contribution >= 4 is 0 Å². The molecule has 3 heteroatoms. The molecule has 2 aliphatic rings. The topological polar surface area (TPSA) is 28.2 Å². The van der Waals surface area contributed by atoms with E-state index in [-0.39, 0.29) is 0 Å². The van der Waals surface area contributed by atoms with Gasteiger partial charge in [0, 0.05) is 37.1 Å². The van der Waals surface area contributed by atoms with Gasteiger partial charge in [-0.25, -0.2) is 0 Å². The van der Waals surface area contributed by atoms with Gasteiger partial charge in [-0.05, 0) is 56.3 Å². The summed E-state index contributed by atoms with van der Waals surface area (Å²) >= 11 is 0. The van der Waals surface area contributed by atoms with Gasteiger partial charge in [-0.1, -0.05) is 6.92 Å². The van der Waals surface area contributed by atoms with Crippen LogP contribution in [0.5, 0.6) is 0 Å². The number of hydrogen-bond acceptors (Lipinski definition) is 3. The highest BCUT2D eigenvalue weighted by Gasteiger charge is 2.39. The molecular formula is C16H25N3. The van der Waals surface area contributed by atoms with Crippen molar-refractivity contribution in [3.05, 3.63) is 30.1 Å². The smallest absolute Gasteiger partial charge is 0.0270 e. The first kappa shape index (κ1) is 13.1. The fourth-order valence-electron chi connectivity index (χ4n) is 3.90. The lowest BCUT2D eigenvalue weighted by Gasteiger charge is -2.39. The molecule has 19 heavy (non-hydrogen) atoms. The third-order valence-corrected chi connectivity index (χ3v) is 4.79. The van der Waals surface area contributed by atoms with E-state index in [1.54, 1.807) is 0 Å². The number of pyridine rings is 1. The molecule has 2 aliphatic heterocycles. The third kappa shape index (κ3) is 2.98. The molecule has 1 aromatic heterocycles. The van der Waals surface area contributed by atoms with Gasteiger partial charge in [0.1, 0.15) is 0 Å². The van der Waals surface area contributed by atoms with Crippen molar-refractivity contribution < 1.29 is 0 Å². The lowest BCUT2D eigenvalue weighted by Crippen LogP contribution is -2.49. The minimum absolute atomic E-state index is 0.764. The Hall–Kier alpha value is -0.930. The largest absolute Gasteiger partial charge is 0.314 e. The van der Waals surface area contributed by atoms with Gasteiger partial charge >= 0.3 is 0 Å². The van der Waals surface area contributed by atoms with Crippen molar-refractivity contribution in [2.24, 2.45) is 0 Å². The van der Waals surface area contributed by atoms with Crippen molar-refractivity contribution in [3.8, 4) is 0 Å². The Morgan fingerprint density at radius 3 is 2.53 bits per heavy atom. The second-order valence-electron chi connectivity index (χ2n) is 5.95. The van der Waals surface area contributed by atoms with Crippen molar-refractivity contribution in [1.29, 1.82) is 0 Å². The van der Waals surface area contributed by atoms with Crippen LogP contribution in [0, 0.1) is 0 Å². The molecule has 2 unspecified atom stereocenters. The summed E-state index contributed by atoms with van der Waals surface area (Å²) in [6.07, 6.45) is 10.5. The average Bonchev–Trinajstić information content (AvgIpc) is 2.68. The average molecular weight is 259 g/mol. The van der Waals surface area contributed by atoms with Gasteiger partial charge in [0.2, 0.25) is 0 Å². The van der Waals surface area contributed by atoms with E-state index in [1.165, 1.54) is 44.2 Å². The fraction of sp³-hybridized carbons (Fsp3) is 0.688. The predicted molar refractivity (Wildman–Crippen MR) is 78.2 cm³/mol. The molecule has 1 aromatic rings. The molecule has 0 amide bonds. The summed E-state index contributed by atoms with van der Waals surface area (Å²) < 4.78 is 0. The van der Waals surface area contributed by atoms with Gasteiger partial charge in [0.25, 0.3) is 0 Å². The van der Waals surface area contributed by atoms with Crippen LogP contribution in [0.15, 0.2) is 24.5 Å². The van der Waals surface area contributed by atoms with Crippen molar-refractivity contribution in [3.63, 3.8) is 0 Å². The van der Waals surface area contributed by atoms with E-state index in [2.05, 4.69) is 34.3 Å². The van der Waals surface area contributed by atoms with Crippen molar-refractivity contribution in [2.45, 2.75) is 57.2 Å². The highest BCUT2D eigenvalue weighted by molar-refractivity contribution is 5.10. The Balaban J connectivity index is 1.55. The number of nitrogens with one attached hydrogen (secondary N) is 1. The molecule has 0 aliphatic carbocycles. The van der Waals surface area contributed by atoms with E-state index >= 15 is 0 Å². The molecule has 2 bridgehead atoms. The highest BCUT2D eigenvalue weighted by atomic mass is 15.2. The first-order chi connectivity index (χ1) is 9.36. The first-order valence-electron chi connectivity index (χ1n) is 7.75. The SMILES string of the molecule is CCNC1CC2CCC(C1)N2CCc1ccncc1. The van der Waals surface area contributed by atoms with E-state index in [1.807, 2.05) is 12.4 Å². The Morgan fingerprint density at radius 2 is 1.89 bits per heavy atom. The summed E-state index contributed by atoms with van der Waals surface area (Å²) in [4.78, 5) is 6.86. The number of piperidine rings is 1. The minimum Gasteiger partial charge on any atom is -0.314 e. The molecule has 2 atom stereocenters. The zero-order valence-electron chi connectivity index (χ0n) is 11.9. The maximum atomic E-state index is 4.09. The maximum absolute atomic E-state index is 4.09. The molecule has 2 saturated heterocycles. The molecular weight excluding hydrogens is 234 g/mol. The molecule has 0 aromatic carbocycles. The maximum Gasteiger partial charge on any atom is 0.0270 e. The standard InChI is InChI=1S/C16H25N3/c1-2-18-14-11-15-3-4-16(12-14)19(15)10-7-13-5-8-17-9-6-13/h5-6,8-9,14-16,18H,2-4,7,10-12H2,1H3. The molecule has 0 radical (unpaired) electrons. The van der Waals surface area contributed by atoms with Gasteiger partial charge in [0.05, 0.1) is 0 Å². The van der Waals surface area contributed by atoms with Gasteiger partial charge in [-0.2, -0.15) is 0 Å². The van der Waals surface area contributed by atoms with Gasteiger partial charge < -0.3 is 5.32 Å². The number of hydrogen-bond donors (Lipinski definition) is 1. The summed E-state index contributed by atoms with van der Waals surface area (Å²) in [5.41, 5.74) is 1.42. The lowest BCUT2D eigenvalue weighted by atomic mass is 9.96. The van der Waals surface area contributed by atoms with Crippen LogP contribution >= 0.6 is 0 Å². The van der Waals surface area contributed by atoms with Crippen molar-refractivity contribution in [1.82, 2.24) is 15.2 Å². The molecule has 104 valence electrons. The van der Waals surface area contributed by atoms with Gasteiger partial charge in [0.15, 0.2) is 0 Å². The Bertz CT molecular complexity index is 378. The summed E-state index contributed by atoms with van der Waals surface area (Å²) in [7, 11) is 0. The Labute approximate surface area is 116 Å². The van der Waals surface area contributed by atoms with Crippen LogP contribution in [-0.2, 0) is 6.42 Å². The summed E-state index contributed by atoms with van der Waals surface area (Å²) in [5.74, 6) is 0. The minimum atomic E-state index is 0.764. The predicted octanol–water partition coefficient (Wildman–Crippen LogP) is 2.23. The van der Waals surface area contributed by atoms with Crippen LogP contribution in [0.4, 0.5) is 0 Å². The molecule has 1 N–H and O–H groups in total. The van der Waals surface area contributed by atoms with E-state index < -0.39 is 0 Å². The molecule has 3 nitrogen and oxygen atoms in total. The Kier molecular flexibility index (Phi) is 4.14. The molecule has 0 saturated carbocycles. The van der Waals surface area contributed by atoms with E-state index in [0.29, 0.717) is 0 Å². The summed E-state index contributed by atoms with van der Waals surface area (Å²) in [6, 6.07) is 6.70. The molecule has 3 heterocycles. The molecule has 3 rings (SSSR count). The number of nitrogens with zero attached hydrogens (tertiary/aromatic N) is 2. The van der Waals surface area contributed by atoms with Crippen LogP contribution < -0.4 is 5.32 Å².